The summed E-state index contributed by atoms with van der Waals surface area (Å²) >= 11 is 0. The fourth-order valence-electron chi connectivity index (χ4n) is 1.36. The standard InChI is InChI=1S/C7H8N4O2/c8-3-5(4-1-2-4)11-6(12)9-10-7(11)13/h4-5H,1-2H2,(H,9,12)(H,10,13). The van der Waals surface area contributed by atoms with Crippen molar-refractivity contribution in [3.8, 4) is 6.07 Å². The summed E-state index contributed by atoms with van der Waals surface area (Å²) in [6, 6.07) is 1.36. The van der Waals surface area contributed by atoms with Gasteiger partial charge in [-0.15, -0.1) is 0 Å². The van der Waals surface area contributed by atoms with Gasteiger partial charge in [0.15, 0.2) is 0 Å². The van der Waals surface area contributed by atoms with Crippen molar-refractivity contribution in [2.24, 2.45) is 5.92 Å². The van der Waals surface area contributed by atoms with Gasteiger partial charge in [-0.05, 0) is 18.8 Å². The molecular weight excluding hydrogens is 172 g/mol. The Hall–Kier alpha value is -1.77. The van der Waals surface area contributed by atoms with E-state index < -0.39 is 17.4 Å². The van der Waals surface area contributed by atoms with Crippen LogP contribution in [0.15, 0.2) is 9.59 Å². The average Bonchev–Trinajstić information content (AvgIpc) is 2.88. The number of aromatic nitrogens is 3. The van der Waals surface area contributed by atoms with Crippen LogP contribution in [0.4, 0.5) is 0 Å². The van der Waals surface area contributed by atoms with Gasteiger partial charge in [-0.1, -0.05) is 0 Å². The van der Waals surface area contributed by atoms with Gasteiger partial charge in [0.2, 0.25) is 0 Å². The van der Waals surface area contributed by atoms with Gasteiger partial charge in [0, 0.05) is 0 Å². The number of H-pyrrole nitrogens is 2. The number of nitrogens with one attached hydrogen (secondary N) is 2. The molecule has 68 valence electrons. The van der Waals surface area contributed by atoms with Crippen LogP contribution >= 0.6 is 0 Å². The van der Waals surface area contributed by atoms with Crippen molar-refractivity contribution in [3.63, 3.8) is 0 Å². The fraction of sp³-hybridized carbons (Fsp3) is 0.571. The fourth-order valence-corrected chi connectivity index (χ4v) is 1.36. The van der Waals surface area contributed by atoms with E-state index in [1.807, 2.05) is 6.07 Å². The number of rotatable bonds is 2. The molecule has 1 unspecified atom stereocenters. The predicted octanol–water partition coefficient (Wildman–Crippen LogP) is -0.661. The van der Waals surface area contributed by atoms with Crippen molar-refractivity contribution in [1.82, 2.24) is 14.8 Å². The minimum atomic E-state index is -0.609. The second kappa shape index (κ2) is 2.62. The molecule has 1 heterocycles. The highest BCUT2D eigenvalue weighted by molar-refractivity contribution is 5.00. The number of aromatic amines is 2. The van der Waals surface area contributed by atoms with Gasteiger partial charge in [-0.3, -0.25) is 0 Å². The SMILES string of the molecule is N#CC(C1CC1)n1c(=O)[nH][nH]c1=O. The molecule has 6 nitrogen and oxygen atoms in total. The Morgan fingerprint density at radius 1 is 1.38 bits per heavy atom. The van der Waals surface area contributed by atoms with Gasteiger partial charge in [0.25, 0.3) is 0 Å². The van der Waals surface area contributed by atoms with E-state index in [4.69, 9.17) is 5.26 Å². The molecule has 1 aromatic heterocycles. The van der Waals surface area contributed by atoms with Crippen LogP contribution in [0.2, 0.25) is 0 Å². The van der Waals surface area contributed by atoms with Crippen molar-refractivity contribution in [3.05, 3.63) is 21.0 Å². The summed E-state index contributed by atoms with van der Waals surface area (Å²) in [5.74, 6) is 0.166. The molecule has 1 saturated carbocycles. The highest BCUT2D eigenvalue weighted by Crippen LogP contribution is 2.38. The highest BCUT2D eigenvalue weighted by Gasteiger charge is 2.34. The van der Waals surface area contributed by atoms with E-state index in [-0.39, 0.29) is 5.92 Å². The lowest BCUT2D eigenvalue weighted by Gasteiger charge is -2.03. The molecule has 0 spiro atoms. The zero-order valence-electron chi connectivity index (χ0n) is 6.78. The van der Waals surface area contributed by atoms with Crippen LogP contribution in [0.25, 0.3) is 0 Å². The monoisotopic (exact) mass is 180 g/mol. The largest absolute Gasteiger partial charge is 0.345 e. The van der Waals surface area contributed by atoms with Crippen LogP contribution in [-0.4, -0.2) is 14.8 Å². The lowest BCUT2D eigenvalue weighted by molar-refractivity contribution is 0.519. The second-order valence-electron chi connectivity index (χ2n) is 3.14. The minimum absolute atomic E-state index is 0.166. The van der Waals surface area contributed by atoms with Crippen LogP contribution in [0.5, 0.6) is 0 Å². The molecule has 2 N–H and O–H groups in total. The van der Waals surface area contributed by atoms with Crippen LogP contribution < -0.4 is 11.4 Å². The summed E-state index contributed by atoms with van der Waals surface area (Å²) in [5, 5.41) is 13.1. The summed E-state index contributed by atoms with van der Waals surface area (Å²) in [4.78, 5) is 22.2. The Bertz CT molecular complexity index is 428. The average molecular weight is 180 g/mol. The van der Waals surface area contributed by atoms with Crippen LogP contribution in [0, 0.1) is 17.2 Å². The van der Waals surface area contributed by atoms with Gasteiger partial charge >= 0.3 is 11.4 Å². The maximum Gasteiger partial charge on any atom is 0.345 e. The Balaban J connectivity index is 2.49. The Morgan fingerprint density at radius 2 is 1.92 bits per heavy atom. The van der Waals surface area contributed by atoms with Crippen molar-refractivity contribution in [1.29, 1.82) is 5.26 Å². The van der Waals surface area contributed by atoms with E-state index in [0.29, 0.717) is 0 Å². The van der Waals surface area contributed by atoms with Crippen molar-refractivity contribution in [2.45, 2.75) is 18.9 Å². The van der Waals surface area contributed by atoms with Crippen LogP contribution in [-0.2, 0) is 0 Å². The van der Waals surface area contributed by atoms with Gasteiger partial charge in [0.1, 0.15) is 6.04 Å². The summed E-state index contributed by atoms with van der Waals surface area (Å²) in [7, 11) is 0. The molecule has 1 aliphatic rings. The van der Waals surface area contributed by atoms with E-state index in [9.17, 15) is 9.59 Å². The maximum atomic E-state index is 11.1. The first kappa shape index (κ1) is 7.86. The van der Waals surface area contributed by atoms with E-state index in [1.54, 1.807) is 0 Å². The smallest absolute Gasteiger partial charge is 0.247 e. The second-order valence-corrected chi connectivity index (χ2v) is 3.14. The lowest BCUT2D eigenvalue weighted by Crippen LogP contribution is -2.31. The molecule has 0 amide bonds. The molecule has 1 aliphatic carbocycles. The van der Waals surface area contributed by atoms with Crippen molar-refractivity contribution >= 4 is 0 Å². The summed E-state index contributed by atoms with van der Waals surface area (Å²) < 4.78 is 0.942. The van der Waals surface area contributed by atoms with Gasteiger partial charge in [-0.2, -0.15) is 5.26 Å². The molecule has 13 heavy (non-hydrogen) atoms. The number of hydrogen-bond donors (Lipinski definition) is 2. The van der Waals surface area contributed by atoms with Crippen LogP contribution in [0.1, 0.15) is 18.9 Å². The van der Waals surface area contributed by atoms with Gasteiger partial charge in [-0.25, -0.2) is 24.4 Å². The zero-order valence-corrected chi connectivity index (χ0v) is 6.78. The van der Waals surface area contributed by atoms with Crippen LogP contribution in [0.3, 0.4) is 0 Å². The predicted molar refractivity (Wildman–Crippen MR) is 43.0 cm³/mol. The normalized spacial score (nSPS) is 18.1. The molecule has 1 atom stereocenters. The maximum absolute atomic E-state index is 11.1. The summed E-state index contributed by atoms with van der Waals surface area (Å²) in [6.45, 7) is 0. The number of nitriles is 1. The summed E-state index contributed by atoms with van der Waals surface area (Å²) in [6.07, 6.45) is 1.82. The van der Waals surface area contributed by atoms with Crippen molar-refractivity contribution < 1.29 is 0 Å². The Labute approximate surface area is 72.8 Å². The molecule has 0 aromatic carbocycles. The lowest BCUT2D eigenvalue weighted by atomic mass is 10.2. The first-order chi connectivity index (χ1) is 6.24. The van der Waals surface area contributed by atoms with Gasteiger partial charge in [0.05, 0.1) is 6.07 Å². The highest BCUT2D eigenvalue weighted by atomic mass is 16.2. The molecule has 0 bridgehead atoms. The topological polar surface area (TPSA) is 94.4 Å². The van der Waals surface area contributed by atoms with E-state index in [0.717, 1.165) is 17.4 Å². The quantitative estimate of drug-likeness (QED) is 0.632. The summed E-state index contributed by atoms with van der Waals surface area (Å²) in [5.41, 5.74) is -1.08. The molecule has 2 rings (SSSR count). The Morgan fingerprint density at radius 3 is 2.31 bits per heavy atom. The third-order valence-corrected chi connectivity index (χ3v) is 2.19. The number of nitrogens with zero attached hydrogens (tertiary/aromatic N) is 2. The van der Waals surface area contributed by atoms with Crippen molar-refractivity contribution in [2.75, 3.05) is 0 Å². The molecule has 0 aliphatic heterocycles. The number of hydrogen-bond acceptors (Lipinski definition) is 3. The molecule has 0 radical (unpaired) electrons. The first-order valence-electron chi connectivity index (χ1n) is 4.03. The molecule has 0 saturated heterocycles. The van der Waals surface area contributed by atoms with Gasteiger partial charge < -0.3 is 0 Å². The third-order valence-electron chi connectivity index (χ3n) is 2.19. The minimum Gasteiger partial charge on any atom is -0.247 e. The van der Waals surface area contributed by atoms with E-state index in [1.165, 1.54) is 0 Å². The Kier molecular flexibility index (Phi) is 1.59. The molecular formula is C7H8N4O2. The molecule has 1 aromatic rings. The first-order valence-corrected chi connectivity index (χ1v) is 4.03. The van der Waals surface area contributed by atoms with E-state index >= 15 is 0 Å². The molecule has 6 heteroatoms. The van der Waals surface area contributed by atoms with E-state index in [2.05, 4.69) is 10.2 Å². The molecule has 1 fully saturated rings. The third kappa shape index (κ3) is 1.18. The zero-order chi connectivity index (χ0) is 9.42.